The zero-order chi connectivity index (χ0) is 13.7. The van der Waals surface area contributed by atoms with Gasteiger partial charge < -0.3 is 10.5 Å². The number of ether oxygens (including phenoxy) is 1. The number of nitrogens with two attached hydrogens (primary N) is 1. The average molecular weight is 252 g/mol. The Hall–Kier alpha value is -2.31. The van der Waals surface area contributed by atoms with Crippen LogP contribution in [0.15, 0.2) is 48.5 Å². The maximum absolute atomic E-state index is 8.83. The summed E-state index contributed by atoms with van der Waals surface area (Å²) < 4.78 is 5.68. The predicted octanol–water partition coefficient (Wildman–Crippen LogP) is 3.16. The smallest absolute Gasteiger partial charge is 0.119 e. The fraction of sp³-hybridized carbons (Fsp3) is 0.188. The lowest BCUT2D eigenvalue weighted by Gasteiger charge is -2.09. The van der Waals surface area contributed by atoms with E-state index in [2.05, 4.69) is 6.07 Å². The molecule has 0 aliphatic rings. The highest BCUT2D eigenvalue weighted by Crippen LogP contribution is 2.17. The monoisotopic (exact) mass is 252 g/mol. The Bertz CT molecular complexity index is 582. The molecule has 3 heteroatoms. The van der Waals surface area contributed by atoms with Crippen molar-refractivity contribution < 1.29 is 4.74 Å². The molecule has 19 heavy (non-hydrogen) atoms. The molecule has 0 heterocycles. The van der Waals surface area contributed by atoms with E-state index in [0.717, 1.165) is 16.9 Å². The molecule has 0 saturated carbocycles. The summed E-state index contributed by atoms with van der Waals surface area (Å²) in [7, 11) is 0. The molecule has 0 spiro atoms. The van der Waals surface area contributed by atoms with E-state index < -0.39 is 0 Å². The lowest BCUT2D eigenvalue weighted by atomic mass is 10.1. The molecule has 2 aromatic rings. The maximum Gasteiger partial charge on any atom is 0.119 e. The fourth-order valence-electron chi connectivity index (χ4n) is 1.76. The largest absolute Gasteiger partial charge is 0.489 e. The number of benzene rings is 2. The molecule has 3 nitrogen and oxygen atoms in total. The van der Waals surface area contributed by atoms with Crippen molar-refractivity contribution in [3.05, 3.63) is 65.2 Å². The summed E-state index contributed by atoms with van der Waals surface area (Å²) in [4.78, 5) is 0. The van der Waals surface area contributed by atoms with Crippen molar-refractivity contribution >= 4 is 0 Å². The summed E-state index contributed by atoms with van der Waals surface area (Å²) in [6.45, 7) is 2.40. The molecule has 1 atom stereocenters. The fourth-order valence-corrected chi connectivity index (χ4v) is 1.76. The summed E-state index contributed by atoms with van der Waals surface area (Å²) in [5.41, 5.74) is 8.50. The van der Waals surface area contributed by atoms with Crippen LogP contribution in [0.4, 0.5) is 0 Å². The van der Waals surface area contributed by atoms with Crippen molar-refractivity contribution in [2.75, 3.05) is 0 Å². The Morgan fingerprint density at radius 1 is 1.21 bits per heavy atom. The first kappa shape index (κ1) is 13.1. The summed E-state index contributed by atoms with van der Waals surface area (Å²) in [5, 5.41) is 8.83. The average Bonchev–Trinajstić information content (AvgIpc) is 2.46. The van der Waals surface area contributed by atoms with E-state index in [1.807, 2.05) is 49.4 Å². The molecule has 0 unspecified atom stereocenters. The minimum absolute atomic E-state index is 0.0290. The second-order valence-electron chi connectivity index (χ2n) is 4.46. The first-order chi connectivity index (χ1) is 9.19. The van der Waals surface area contributed by atoms with Gasteiger partial charge in [0.05, 0.1) is 11.6 Å². The quantitative estimate of drug-likeness (QED) is 0.909. The number of nitriles is 1. The zero-order valence-corrected chi connectivity index (χ0v) is 10.8. The van der Waals surface area contributed by atoms with E-state index in [9.17, 15) is 0 Å². The first-order valence-electron chi connectivity index (χ1n) is 6.16. The van der Waals surface area contributed by atoms with Crippen molar-refractivity contribution in [2.45, 2.75) is 19.6 Å². The van der Waals surface area contributed by atoms with Gasteiger partial charge in [-0.1, -0.05) is 24.3 Å². The van der Waals surface area contributed by atoms with Gasteiger partial charge in [-0.3, -0.25) is 0 Å². The summed E-state index contributed by atoms with van der Waals surface area (Å²) in [5.74, 6) is 0.798. The van der Waals surface area contributed by atoms with Crippen LogP contribution in [0.3, 0.4) is 0 Å². The van der Waals surface area contributed by atoms with Gasteiger partial charge in [-0.15, -0.1) is 0 Å². The Balaban J connectivity index is 2.00. The van der Waals surface area contributed by atoms with Crippen molar-refractivity contribution in [3.63, 3.8) is 0 Å². The number of nitrogens with zero attached hydrogens (tertiary/aromatic N) is 1. The highest BCUT2D eigenvalue weighted by Gasteiger charge is 2.01. The summed E-state index contributed by atoms with van der Waals surface area (Å²) in [6, 6.07) is 17.3. The van der Waals surface area contributed by atoms with Gasteiger partial charge in [0.1, 0.15) is 12.4 Å². The molecule has 0 bridgehead atoms. The van der Waals surface area contributed by atoms with Gasteiger partial charge in [-0.25, -0.2) is 0 Å². The van der Waals surface area contributed by atoms with Crippen LogP contribution in [-0.2, 0) is 6.61 Å². The van der Waals surface area contributed by atoms with E-state index in [1.54, 1.807) is 6.07 Å². The van der Waals surface area contributed by atoms with E-state index in [4.69, 9.17) is 15.7 Å². The zero-order valence-electron chi connectivity index (χ0n) is 10.8. The number of hydrogen-bond donors (Lipinski definition) is 1. The van der Waals surface area contributed by atoms with Gasteiger partial charge >= 0.3 is 0 Å². The topological polar surface area (TPSA) is 59.0 Å². The van der Waals surface area contributed by atoms with Crippen LogP contribution in [-0.4, -0.2) is 0 Å². The van der Waals surface area contributed by atoms with E-state index in [0.29, 0.717) is 12.2 Å². The first-order valence-corrected chi connectivity index (χ1v) is 6.16. The lowest BCUT2D eigenvalue weighted by molar-refractivity contribution is 0.306. The predicted molar refractivity (Wildman–Crippen MR) is 74.5 cm³/mol. The van der Waals surface area contributed by atoms with Crippen molar-refractivity contribution in [3.8, 4) is 11.8 Å². The molecule has 0 saturated heterocycles. The molecule has 96 valence electrons. The van der Waals surface area contributed by atoms with E-state index >= 15 is 0 Å². The second kappa shape index (κ2) is 6.03. The summed E-state index contributed by atoms with van der Waals surface area (Å²) in [6.07, 6.45) is 0. The molecule has 2 aromatic carbocycles. The van der Waals surface area contributed by atoms with Crippen molar-refractivity contribution in [1.82, 2.24) is 0 Å². The maximum atomic E-state index is 8.83. The Morgan fingerprint density at radius 3 is 2.58 bits per heavy atom. The van der Waals surface area contributed by atoms with Crippen LogP contribution in [0.2, 0.25) is 0 Å². The minimum atomic E-state index is 0.0290. The van der Waals surface area contributed by atoms with E-state index in [-0.39, 0.29) is 6.04 Å². The molecule has 2 N–H and O–H groups in total. The third-order valence-electron chi connectivity index (χ3n) is 2.87. The van der Waals surface area contributed by atoms with Gasteiger partial charge in [-0.05, 0) is 42.3 Å². The minimum Gasteiger partial charge on any atom is -0.489 e. The van der Waals surface area contributed by atoms with Crippen LogP contribution in [0.1, 0.15) is 29.7 Å². The molecular weight excluding hydrogens is 236 g/mol. The van der Waals surface area contributed by atoms with Gasteiger partial charge in [0.2, 0.25) is 0 Å². The SMILES string of the molecule is C[C@H](N)c1ccc(OCc2cccc(C#N)c2)cc1. The third-order valence-corrected chi connectivity index (χ3v) is 2.87. The van der Waals surface area contributed by atoms with Crippen molar-refractivity contribution in [1.29, 1.82) is 5.26 Å². The van der Waals surface area contributed by atoms with Crippen LogP contribution in [0.25, 0.3) is 0 Å². The molecule has 0 aromatic heterocycles. The lowest BCUT2D eigenvalue weighted by Crippen LogP contribution is -2.04. The third kappa shape index (κ3) is 3.57. The normalized spacial score (nSPS) is 11.6. The van der Waals surface area contributed by atoms with Gasteiger partial charge in [0.25, 0.3) is 0 Å². The van der Waals surface area contributed by atoms with Crippen LogP contribution >= 0.6 is 0 Å². The highest BCUT2D eigenvalue weighted by molar-refractivity contribution is 5.33. The standard InChI is InChI=1S/C16H16N2O/c1-12(18)15-5-7-16(8-6-15)19-11-14-4-2-3-13(9-14)10-17/h2-9,12H,11,18H2,1H3/t12-/m0/s1. The summed E-state index contributed by atoms with van der Waals surface area (Å²) >= 11 is 0. The number of rotatable bonds is 4. The van der Waals surface area contributed by atoms with Crippen molar-refractivity contribution in [2.24, 2.45) is 5.73 Å². The van der Waals surface area contributed by atoms with Crippen LogP contribution in [0.5, 0.6) is 5.75 Å². The van der Waals surface area contributed by atoms with Gasteiger partial charge in [0.15, 0.2) is 0 Å². The molecule has 2 rings (SSSR count). The Labute approximate surface area is 113 Å². The molecule has 0 amide bonds. The second-order valence-corrected chi connectivity index (χ2v) is 4.46. The molecule has 0 aliphatic carbocycles. The van der Waals surface area contributed by atoms with Crippen LogP contribution < -0.4 is 10.5 Å². The van der Waals surface area contributed by atoms with E-state index in [1.165, 1.54) is 0 Å². The Kier molecular flexibility index (Phi) is 4.17. The molecule has 0 radical (unpaired) electrons. The molecule has 0 fully saturated rings. The van der Waals surface area contributed by atoms with Gasteiger partial charge in [0, 0.05) is 6.04 Å². The van der Waals surface area contributed by atoms with Gasteiger partial charge in [-0.2, -0.15) is 5.26 Å². The molecule has 0 aliphatic heterocycles. The molecular formula is C16H16N2O. The Morgan fingerprint density at radius 2 is 1.95 bits per heavy atom. The van der Waals surface area contributed by atoms with Crippen LogP contribution in [0, 0.1) is 11.3 Å². The highest BCUT2D eigenvalue weighted by atomic mass is 16.5. The number of hydrogen-bond acceptors (Lipinski definition) is 3.